The summed E-state index contributed by atoms with van der Waals surface area (Å²) in [5.74, 6) is -1.55. The molecule has 1 heterocycles. The molecule has 3 rings (SSSR count). The Hall–Kier alpha value is -3.72. The number of rotatable bonds is 9. The van der Waals surface area contributed by atoms with Crippen molar-refractivity contribution in [3.05, 3.63) is 71.8 Å². The summed E-state index contributed by atoms with van der Waals surface area (Å²) >= 11 is 0. The molecule has 0 aromatic heterocycles. The van der Waals surface area contributed by atoms with Crippen molar-refractivity contribution in [3.8, 4) is 0 Å². The summed E-state index contributed by atoms with van der Waals surface area (Å²) in [5.41, 5.74) is 18.8. The van der Waals surface area contributed by atoms with Crippen molar-refractivity contribution < 1.29 is 14.4 Å². The van der Waals surface area contributed by atoms with Crippen LogP contribution in [0, 0.1) is 0 Å². The first kappa shape index (κ1) is 24.9. The lowest BCUT2D eigenvalue weighted by atomic mass is 9.84. The minimum atomic E-state index is -0.838. The number of carbonyl (C=O) groups excluding carboxylic acids is 3. The van der Waals surface area contributed by atoms with Gasteiger partial charge in [-0.1, -0.05) is 60.7 Å². The van der Waals surface area contributed by atoms with E-state index in [9.17, 15) is 14.4 Å². The van der Waals surface area contributed by atoms with Crippen molar-refractivity contribution in [3.63, 3.8) is 0 Å². The Kier molecular flexibility index (Phi) is 8.75. The first-order chi connectivity index (χ1) is 16.4. The Morgan fingerprint density at radius 2 is 1.59 bits per heavy atom. The van der Waals surface area contributed by atoms with Crippen LogP contribution in [0.1, 0.15) is 42.7 Å². The van der Waals surface area contributed by atoms with Gasteiger partial charge in [0, 0.05) is 25.4 Å². The summed E-state index contributed by atoms with van der Waals surface area (Å²) in [6, 6.07) is 18.0. The van der Waals surface area contributed by atoms with Crippen molar-refractivity contribution >= 4 is 23.7 Å². The van der Waals surface area contributed by atoms with Crippen molar-refractivity contribution in [2.24, 2.45) is 22.2 Å². The van der Waals surface area contributed by atoms with Gasteiger partial charge in [-0.25, -0.2) is 0 Å². The van der Waals surface area contributed by atoms with Crippen molar-refractivity contribution in [1.82, 2.24) is 10.2 Å². The second kappa shape index (κ2) is 11.9. The van der Waals surface area contributed by atoms with Crippen LogP contribution in [-0.4, -0.2) is 53.8 Å². The molecule has 2 aromatic carbocycles. The van der Waals surface area contributed by atoms with E-state index < -0.39 is 18.0 Å². The molecule has 0 bridgehead atoms. The second-order valence-corrected chi connectivity index (χ2v) is 8.34. The SMILES string of the molecule is NC(N)=NC(=O)CCCNC(=O)[C@@H]1CCCN1C(=O)[C@H](N)C(c1ccccc1)c1ccccc1. The number of aliphatic imine (C=N–C) groups is 1. The van der Waals surface area contributed by atoms with Gasteiger partial charge in [-0.05, 0) is 30.4 Å². The van der Waals surface area contributed by atoms with E-state index in [4.69, 9.17) is 17.2 Å². The number of amides is 3. The third-order valence-electron chi connectivity index (χ3n) is 5.92. The van der Waals surface area contributed by atoms with Crippen LogP contribution in [0.15, 0.2) is 65.7 Å². The Balaban J connectivity index is 1.66. The van der Waals surface area contributed by atoms with E-state index in [1.54, 1.807) is 4.90 Å². The largest absolute Gasteiger partial charge is 0.370 e. The fraction of sp³-hybridized carbons (Fsp3) is 0.360. The van der Waals surface area contributed by atoms with Crippen molar-refractivity contribution in [2.75, 3.05) is 13.1 Å². The van der Waals surface area contributed by atoms with E-state index >= 15 is 0 Å². The highest BCUT2D eigenvalue weighted by Crippen LogP contribution is 2.29. The van der Waals surface area contributed by atoms with Gasteiger partial charge in [-0.3, -0.25) is 14.4 Å². The number of nitrogens with zero attached hydrogens (tertiary/aromatic N) is 2. The number of benzene rings is 2. The molecule has 0 radical (unpaired) electrons. The van der Waals surface area contributed by atoms with Gasteiger partial charge in [0.15, 0.2) is 5.96 Å². The molecule has 0 unspecified atom stereocenters. The molecule has 9 heteroatoms. The lowest BCUT2D eigenvalue weighted by Crippen LogP contribution is -2.53. The number of guanidine groups is 1. The molecule has 2 aromatic rings. The Labute approximate surface area is 199 Å². The summed E-state index contributed by atoms with van der Waals surface area (Å²) in [5, 5.41) is 2.81. The molecule has 1 aliphatic heterocycles. The fourth-order valence-electron chi connectivity index (χ4n) is 4.33. The normalized spacial score (nSPS) is 16.2. The molecule has 1 fully saturated rings. The van der Waals surface area contributed by atoms with Gasteiger partial charge < -0.3 is 27.4 Å². The lowest BCUT2D eigenvalue weighted by Gasteiger charge is -2.31. The van der Waals surface area contributed by atoms with Crippen LogP contribution in [0.3, 0.4) is 0 Å². The predicted octanol–water partition coefficient (Wildman–Crippen LogP) is 0.833. The van der Waals surface area contributed by atoms with Gasteiger partial charge in [0.05, 0.1) is 6.04 Å². The third kappa shape index (κ3) is 6.41. The highest BCUT2D eigenvalue weighted by Gasteiger charge is 2.39. The van der Waals surface area contributed by atoms with Crippen molar-refractivity contribution in [2.45, 2.75) is 43.7 Å². The third-order valence-corrected chi connectivity index (χ3v) is 5.92. The standard InChI is InChI=1S/C25H32N6O3/c26-22(21(17-9-3-1-4-10-17)18-11-5-2-6-12-18)24(34)31-16-8-13-19(31)23(33)29-15-7-14-20(32)30-25(27)28/h1-6,9-12,19,21-22H,7-8,13-16,26H2,(H,29,33)(H4,27,28,30,32)/t19-,22+/m0/s1. The van der Waals surface area contributed by atoms with E-state index in [0.717, 1.165) is 17.5 Å². The summed E-state index contributed by atoms with van der Waals surface area (Å²) in [6.07, 6.45) is 1.80. The van der Waals surface area contributed by atoms with Crippen LogP contribution in [0.2, 0.25) is 0 Å². The van der Waals surface area contributed by atoms with Gasteiger partial charge >= 0.3 is 0 Å². The fourth-order valence-corrected chi connectivity index (χ4v) is 4.33. The highest BCUT2D eigenvalue weighted by molar-refractivity contribution is 5.92. The summed E-state index contributed by atoms with van der Waals surface area (Å²) in [4.78, 5) is 42.9. The second-order valence-electron chi connectivity index (χ2n) is 8.34. The van der Waals surface area contributed by atoms with Crippen LogP contribution in [0.25, 0.3) is 0 Å². The molecule has 1 aliphatic rings. The molecule has 9 nitrogen and oxygen atoms in total. The molecule has 34 heavy (non-hydrogen) atoms. The molecule has 0 spiro atoms. The number of hydrogen-bond acceptors (Lipinski definition) is 4. The number of nitrogens with one attached hydrogen (secondary N) is 1. The molecule has 0 saturated carbocycles. The summed E-state index contributed by atoms with van der Waals surface area (Å²) < 4.78 is 0. The molecular weight excluding hydrogens is 432 g/mol. The first-order valence-corrected chi connectivity index (χ1v) is 11.4. The van der Waals surface area contributed by atoms with Gasteiger partial charge in [0.2, 0.25) is 17.7 Å². The summed E-state index contributed by atoms with van der Waals surface area (Å²) in [6.45, 7) is 0.760. The minimum Gasteiger partial charge on any atom is -0.370 e. The van der Waals surface area contributed by atoms with Crippen LogP contribution < -0.4 is 22.5 Å². The first-order valence-electron chi connectivity index (χ1n) is 11.4. The quantitative estimate of drug-likeness (QED) is 0.245. The van der Waals surface area contributed by atoms with E-state index in [1.807, 2.05) is 60.7 Å². The van der Waals surface area contributed by atoms with Crippen LogP contribution in [-0.2, 0) is 14.4 Å². The van der Waals surface area contributed by atoms with E-state index in [2.05, 4.69) is 10.3 Å². The molecular formula is C25H32N6O3. The average molecular weight is 465 g/mol. The van der Waals surface area contributed by atoms with E-state index in [1.165, 1.54) is 0 Å². The van der Waals surface area contributed by atoms with Gasteiger partial charge in [-0.15, -0.1) is 0 Å². The van der Waals surface area contributed by atoms with Gasteiger partial charge in [-0.2, -0.15) is 4.99 Å². The minimum absolute atomic E-state index is 0.117. The molecule has 180 valence electrons. The average Bonchev–Trinajstić information content (AvgIpc) is 3.32. The summed E-state index contributed by atoms with van der Waals surface area (Å²) in [7, 11) is 0. The Bertz CT molecular complexity index is 968. The van der Waals surface area contributed by atoms with E-state index in [-0.39, 0.29) is 36.7 Å². The van der Waals surface area contributed by atoms with Crippen molar-refractivity contribution in [1.29, 1.82) is 0 Å². The van der Waals surface area contributed by atoms with Crippen LogP contribution in [0.4, 0.5) is 0 Å². The highest BCUT2D eigenvalue weighted by atomic mass is 16.2. The van der Waals surface area contributed by atoms with Gasteiger partial charge in [0.25, 0.3) is 0 Å². The topological polar surface area (TPSA) is 157 Å². The molecule has 2 atom stereocenters. The van der Waals surface area contributed by atoms with E-state index in [0.29, 0.717) is 19.4 Å². The van der Waals surface area contributed by atoms with Crippen LogP contribution in [0.5, 0.6) is 0 Å². The Morgan fingerprint density at radius 3 is 2.15 bits per heavy atom. The predicted molar refractivity (Wildman–Crippen MR) is 130 cm³/mol. The molecule has 7 N–H and O–H groups in total. The monoisotopic (exact) mass is 464 g/mol. The molecule has 1 saturated heterocycles. The maximum atomic E-state index is 13.5. The zero-order chi connectivity index (χ0) is 24.5. The maximum absolute atomic E-state index is 13.5. The maximum Gasteiger partial charge on any atom is 0.248 e. The zero-order valence-corrected chi connectivity index (χ0v) is 19.1. The Morgan fingerprint density at radius 1 is 1.00 bits per heavy atom. The number of carbonyl (C=O) groups is 3. The molecule has 0 aliphatic carbocycles. The van der Waals surface area contributed by atoms with Crippen LogP contribution >= 0.6 is 0 Å². The zero-order valence-electron chi connectivity index (χ0n) is 19.1. The number of nitrogens with two attached hydrogens (primary N) is 3. The number of hydrogen-bond donors (Lipinski definition) is 4. The smallest absolute Gasteiger partial charge is 0.248 e. The molecule has 3 amide bonds. The lowest BCUT2D eigenvalue weighted by molar-refractivity contribution is -0.139. The number of likely N-dealkylation sites (tertiary alicyclic amines) is 1. The van der Waals surface area contributed by atoms with Gasteiger partial charge in [0.1, 0.15) is 6.04 Å².